The Hall–Kier alpha value is -0.540. The molecule has 1 heterocycles. The zero-order chi connectivity index (χ0) is 13.5. The van der Waals surface area contributed by atoms with Gasteiger partial charge in [0.05, 0.1) is 12.7 Å². The molecule has 0 saturated carbocycles. The van der Waals surface area contributed by atoms with Gasteiger partial charge in [-0.05, 0) is 18.9 Å². The Morgan fingerprint density at radius 2 is 2.22 bits per heavy atom. The molecule has 0 bridgehead atoms. The van der Waals surface area contributed by atoms with E-state index in [0.717, 1.165) is 26.2 Å². The van der Waals surface area contributed by atoms with Gasteiger partial charge in [-0.3, -0.25) is 4.90 Å². The number of rotatable bonds is 7. The van der Waals surface area contributed by atoms with Crippen molar-refractivity contribution in [1.82, 2.24) is 9.80 Å². The normalized spacial score (nSPS) is 21.3. The summed E-state index contributed by atoms with van der Waals surface area (Å²) in [6, 6.07) is 0. The van der Waals surface area contributed by atoms with E-state index in [-0.39, 0.29) is 0 Å². The van der Waals surface area contributed by atoms with Gasteiger partial charge in [-0.2, -0.15) is 0 Å². The standard InChI is InChI=1S/C15H30N2O/c1-6-7-8-17-9-10-18-15(12-17)11-16(5)14(4)13(2)3/h13,15H,4,6-12H2,1-3,5H3/t15-/m1/s1. The van der Waals surface area contributed by atoms with Crippen molar-refractivity contribution in [3.63, 3.8) is 0 Å². The number of hydrogen-bond donors (Lipinski definition) is 0. The molecule has 0 N–H and O–H groups in total. The minimum atomic E-state index is 0.330. The fourth-order valence-electron chi connectivity index (χ4n) is 2.34. The second-order valence-corrected chi connectivity index (χ2v) is 5.67. The van der Waals surface area contributed by atoms with Gasteiger partial charge in [-0.25, -0.2) is 0 Å². The molecule has 1 fully saturated rings. The predicted octanol–water partition coefficient (Wildman–Crippen LogP) is 2.59. The molecule has 18 heavy (non-hydrogen) atoms. The Kier molecular flexibility index (Phi) is 6.72. The quantitative estimate of drug-likeness (QED) is 0.694. The lowest BCUT2D eigenvalue weighted by atomic mass is 10.1. The van der Waals surface area contributed by atoms with Gasteiger partial charge in [-0.15, -0.1) is 0 Å². The van der Waals surface area contributed by atoms with Gasteiger partial charge in [0.2, 0.25) is 0 Å². The number of nitrogens with zero attached hydrogens (tertiary/aromatic N) is 2. The maximum atomic E-state index is 5.86. The van der Waals surface area contributed by atoms with Gasteiger partial charge in [0.1, 0.15) is 0 Å². The number of hydrogen-bond acceptors (Lipinski definition) is 3. The summed E-state index contributed by atoms with van der Waals surface area (Å²) in [5.74, 6) is 0.509. The molecule has 0 aromatic carbocycles. The molecular weight excluding hydrogens is 224 g/mol. The second-order valence-electron chi connectivity index (χ2n) is 5.67. The molecule has 1 saturated heterocycles. The third kappa shape index (κ3) is 4.99. The van der Waals surface area contributed by atoms with Crippen LogP contribution >= 0.6 is 0 Å². The number of ether oxygens (including phenoxy) is 1. The van der Waals surface area contributed by atoms with Crippen LogP contribution in [0.4, 0.5) is 0 Å². The van der Waals surface area contributed by atoms with Crippen molar-refractivity contribution in [3.05, 3.63) is 12.3 Å². The minimum Gasteiger partial charge on any atom is -0.375 e. The third-order valence-electron chi connectivity index (χ3n) is 3.69. The molecule has 1 atom stereocenters. The molecule has 1 rings (SSSR count). The second kappa shape index (κ2) is 7.80. The lowest BCUT2D eigenvalue weighted by molar-refractivity contribution is -0.0381. The average Bonchev–Trinajstić information content (AvgIpc) is 2.35. The van der Waals surface area contributed by atoms with E-state index in [2.05, 4.69) is 44.2 Å². The summed E-state index contributed by atoms with van der Waals surface area (Å²) in [6.07, 6.45) is 2.89. The lowest BCUT2D eigenvalue weighted by Crippen LogP contribution is -2.47. The van der Waals surface area contributed by atoms with Crippen molar-refractivity contribution in [2.75, 3.05) is 39.8 Å². The summed E-state index contributed by atoms with van der Waals surface area (Å²) in [7, 11) is 2.12. The van der Waals surface area contributed by atoms with Crippen molar-refractivity contribution >= 4 is 0 Å². The fraction of sp³-hybridized carbons (Fsp3) is 0.867. The number of unbranched alkanes of at least 4 members (excludes halogenated alkanes) is 1. The molecule has 3 nitrogen and oxygen atoms in total. The molecule has 0 amide bonds. The molecule has 1 aliphatic rings. The summed E-state index contributed by atoms with van der Waals surface area (Å²) in [4.78, 5) is 4.78. The average molecular weight is 254 g/mol. The van der Waals surface area contributed by atoms with Crippen LogP contribution < -0.4 is 0 Å². The molecule has 106 valence electrons. The molecular formula is C15H30N2O. The van der Waals surface area contributed by atoms with Gasteiger partial charge in [0, 0.05) is 32.4 Å². The number of likely N-dealkylation sites (N-methyl/N-ethyl adjacent to an activating group) is 1. The Balaban J connectivity index is 2.35. The highest BCUT2D eigenvalue weighted by Gasteiger charge is 2.22. The summed E-state index contributed by atoms with van der Waals surface area (Å²) in [5.41, 5.74) is 1.20. The highest BCUT2D eigenvalue weighted by atomic mass is 16.5. The maximum absolute atomic E-state index is 5.86. The molecule has 0 aromatic rings. The first-order valence-electron chi connectivity index (χ1n) is 7.28. The zero-order valence-corrected chi connectivity index (χ0v) is 12.6. The minimum absolute atomic E-state index is 0.330. The number of morpholine rings is 1. The first-order chi connectivity index (χ1) is 8.54. The summed E-state index contributed by atoms with van der Waals surface area (Å²) in [6.45, 7) is 16.0. The smallest absolute Gasteiger partial charge is 0.0876 e. The van der Waals surface area contributed by atoms with E-state index in [1.165, 1.54) is 25.1 Å². The van der Waals surface area contributed by atoms with Crippen molar-refractivity contribution < 1.29 is 4.74 Å². The highest BCUT2D eigenvalue weighted by Crippen LogP contribution is 2.14. The Bertz CT molecular complexity index is 253. The molecule has 0 radical (unpaired) electrons. The lowest BCUT2D eigenvalue weighted by Gasteiger charge is -2.36. The number of allylic oxidation sites excluding steroid dienone is 1. The van der Waals surface area contributed by atoms with Crippen LogP contribution in [0.1, 0.15) is 33.6 Å². The van der Waals surface area contributed by atoms with Crippen molar-refractivity contribution in [1.29, 1.82) is 0 Å². The first-order valence-corrected chi connectivity index (χ1v) is 7.28. The van der Waals surface area contributed by atoms with Crippen LogP contribution in [0.2, 0.25) is 0 Å². The van der Waals surface area contributed by atoms with E-state index < -0.39 is 0 Å². The van der Waals surface area contributed by atoms with Gasteiger partial charge >= 0.3 is 0 Å². The Morgan fingerprint density at radius 1 is 1.50 bits per heavy atom. The molecule has 0 aromatic heterocycles. The van der Waals surface area contributed by atoms with Gasteiger partial charge in [-0.1, -0.05) is 33.8 Å². The van der Waals surface area contributed by atoms with Crippen molar-refractivity contribution in [2.45, 2.75) is 39.7 Å². The van der Waals surface area contributed by atoms with E-state index in [9.17, 15) is 0 Å². The van der Waals surface area contributed by atoms with Crippen LogP contribution in [0.25, 0.3) is 0 Å². The van der Waals surface area contributed by atoms with Crippen LogP contribution in [-0.2, 0) is 4.74 Å². The molecule has 0 unspecified atom stereocenters. The van der Waals surface area contributed by atoms with Gasteiger partial charge in [0.15, 0.2) is 0 Å². The largest absolute Gasteiger partial charge is 0.375 e. The SMILES string of the molecule is C=C(C(C)C)N(C)C[C@@H]1CN(CCCC)CCO1. The van der Waals surface area contributed by atoms with E-state index in [0.29, 0.717) is 12.0 Å². The van der Waals surface area contributed by atoms with Crippen molar-refractivity contribution in [3.8, 4) is 0 Å². The monoisotopic (exact) mass is 254 g/mol. The van der Waals surface area contributed by atoms with Crippen LogP contribution in [0.15, 0.2) is 12.3 Å². The van der Waals surface area contributed by atoms with Crippen molar-refractivity contribution in [2.24, 2.45) is 5.92 Å². The Labute approximate surface area is 113 Å². The molecule has 3 heteroatoms. The van der Waals surface area contributed by atoms with E-state index >= 15 is 0 Å². The topological polar surface area (TPSA) is 15.7 Å². The Morgan fingerprint density at radius 3 is 2.83 bits per heavy atom. The van der Waals surface area contributed by atoms with Gasteiger partial charge < -0.3 is 9.64 Å². The summed E-state index contributed by atoms with van der Waals surface area (Å²) >= 11 is 0. The molecule has 0 spiro atoms. The van der Waals surface area contributed by atoms with Crippen LogP contribution in [0.5, 0.6) is 0 Å². The zero-order valence-electron chi connectivity index (χ0n) is 12.6. The third-order valence-corrected chi connectivity index (χ3v) is 3.69. The summed E-state index contributed by atoms with van der Waals surface area (Å²) in [5, 5.41) is 0. The first kappa shape index (κ1) is 15.5. The van der Waals surface area contributed by atoms with Crippen LogP contribution in [-0.4, -0.2) is 55.7 Å². The predicted molar refractivity (Wildman–Crippen MR) is 77.7 cm³/mol. The van der Waals surface area contributed by atoms with Crippen LogP contribution in [0.3, 0.4) is 0 Å². The molecule has 0 aliphatic carbocycles. The van der Waals surface area contributed by atoms with Crippen LogP contribution in [0, 0.1) is 5.92 Å². The van der Waals surface area contributed by atoms with E-state index in [4.69, 9.17) is 4.74 Å². The van der Waals surface area contributed by atoms with E-state index in [1.54, 1.807) is 0 Å². The molecule has 1 aliphatic heterocycles. The van der Waals surface area contributed by atoms with Gasteiger partial charge in [0.25, 0.3) is 0 Å². The summed E-state index contributed by atoms with van der Waals surface area (Å²) < 4.78 is 5.86. The maximum Gasteiger partial charge on any atom is 0.0876 e. The fourth-order valence-corrected chi connectivity index (χ4v) is 2.34. The highest BCUT2D eigenvalue weighted by molar-refractivity contribution is 4.96. The van der Waals surface area contributed by atoms with E-state index in [1.807, 2.05) is 0 Å².